The van der Waals surface area contributed by atoms with Crippen LogP contribution >= 0.6 is 0 Å². The molecular weight excluding hydrogens is 326 g/mol. The van der Waals surface area contributed by atoms with Gasteiger partial charge in [0.2, 0.25) is 0 Å². The van der Waals surface area contributed by atoms with Crippen LogP contribution in [0, 0.1) is 0 Å². The lowest BCUT2D eigenvalue weighted by molar-refractivity contribution is 0.201. The van der Waals surface area contributed by atoms with Crippen molar-refractivity contribution in [3.05, 3.63) is 48.3 Å². The molecule has 26 heavy (non-hydrogen) atoms. The summed E-state index contributed by atoms with van der Waals surface area (Å²) in [6.07, 6.45) is 10.6. The van der Waals surface area contributed by atoms with E-state index in [1.807, 2.05) is 16.8 Å². The molecular formula is C20H25N5O. The van der Waals surface area contributed by atoms with Crippen LogP contribution in [0.5, 0.6) is 0 Å². The van der Waals surface area contributed by atoms with Gasteiger partial charge in [-0.25, -0.2) is 9.50 Å². The van der Waals surface area contributed by atoms with Gasteiger partial charge in [0.05, 0.1) is 24.4 Å². The zero-order chi connectivity index (χ0) is 17.3. The fraction of sp³-hybridized carbons (Fsp3) is 0.500. The number of pyridine rings is 1. The molecule has 2 fully saturated rings. The average molecular weight is 351 g/mol. The fourth-order valence-electron chi connectivity index (χ4n) is 4.21. The third-order valence-corrected chi connectivity index (χ3v) is 5.74. The van der Waals surface area contributed by atoms with E-state index < -0.39 is 0 Å². The Bertz CT molecular complexity index is 858. The lowest BCUT2D eigenvalue weighted by atomic mass is 9.96. The number of aromatic nitrogens is 3. The Morgan fingerprint density at radius 3 is 2.65 bits per heavy atom. The van der Waals surface area contributed by atoms with E-state index in [0.717, 1.165) is 57.0 Å². The van der Waals surface area contributed by atoms with Crippen LogP contribution in [0.25, 0.3) is 5.65 Å². The molecule has 2 aliphatic heterocycles. The van der Waals surface area contributed by atoms with E-state index >= 15 is 0 Å². The van der Waals surface area contributed by atoms with Crippen LogP contribution in [0.4, 0.5) is 5.69 Å². The van der Waals surface area contributed by atoms with Gasteiger partial charge in [-0.15, -0.1) is 0 Å². The van der Waals surface area contributed by atoms with Gasteiger partial charge in [0.1, 0.15) is 0 Å². The molecule has 3 aromatic rings. The summed E-state index contributed by atoms with van der Waals surface area (Å²) in [5, 5.41) is 4.81. The van der Waals surface area contributed by atoms with Crippen molar-refractivity contribution in [2.45, 2.75) is 38.1 Å². The zero-order valence-electron chi connectivity index (χ0n) is 15.0. The Labute approximate surface area is 153 Å². The normalized spacial score (nSPS) is 19.6. The van der Waals surface area contributed by atoms with Gasteiger partial charge in [-0.3, -0.25) is 4.90 Å². The Hall–Kier alpha value is -2.34. The van der Waals surface area contributed by atoms with Crippen molar-refractivity contribution >= 4 is 11.3 Å². The molecule has 6 nitrogen and oxygen atoms in total. The van der Waals surface area contributed by atoms with Gasteiger partial charge in [-0.1, -0.05) is 0 Å². The van der Waals surface area contributed by atoms with Crippen LogP contribution in [0.3, 0.4) is 0 Å². The van der Waals surface area contributed by atoms with Crippen LogP contribution in [0.15, 0.2) is 41.3 Å². The second-order valence-corrected chi connectivity index (χ2v) is 7.54. The first-order chi connectivity index (χ1) is 12.8. The molecule has 0 spiro atoms. The highest BCUT2D eigenvalue weighted by Crippen LogP contribution is 2.28. The van der Waals surface area contributed by atoms with Crippen molar-refractivity contribution in [3.8, 4) is 0 Å². The largest absolute Gasteiger partial charge is 0.472 e. The predicted molar refractivity (Wildman–Crippen MR) is 100 cm³/mol. The first-order valence-electron chi connectivity index (χ1n) is 9.70. The van der Waals surface area contributed by atoms with Crippen molar-refractivity contribution in [2.75, 3.05) is 31.1 Å². The molecule has 0 amide bonds. The van der Waals surface area contributed by atoms with Gasteiger partial charge in [0, 0.05) is 31.1 Å². The molecule has 0 saturated carbocycles. The van der Waals surface area contributed by atoms with Crippen molar-refractivity contribution in [2.24, 2.45) is 0 Å². The maximum atomic E-state index is 5.17. The number of nitrogens with zero attached hydrogens (tertiary/aromatic N) is 5. The van der Waals surface area contributed by atoms with E-state index in [1.54, 1.807) is 6.26 Å². The maximum absolute atomic E-state index is 5.17. The lowest BCUT2D eigenvalue weighted by Gasteiger charge is -2.30. The first kappa shape index (κ1) is 15.9. The van der Waals surface area contributed by atoms with E-state index in [9.17, 15) is 0 Å². The Morgan fingerprint density at radius 2 is 1.88 bits per heavy atom. The standard InChI is InChI=1S/C20H25N5O/c1-2-9-24(8-1)18-3-4-19-21-20(22-25(19)14-18)17-5-10-23(11-6-17)13-16-7-12-26-15-16/h3-4,7,12,14-15,17H,1-2,5-6,8-11,13H2. The summed E-state index contributed by atoms with van der Waals surface area (Å²) < 4.78 is 7.15. The minimum absolute atomic E-state index is 0.464. The molecule has 5 rings (SSSR count). The summed E-state index contributed by atoms with van der Waals surface area (Å²) >= 11 is 0. The second kappa shape index (κ2) is 6.76. The number of hydrogen-bond acceptors (Lipinski definition) is 5. The molecule has 2 aliphatic rings. The van der Waals surface area contributed by atoms with Crippen molar-refractivity contribution < 1.29 is 4.42 Å². The maximum Gasteiger partial charge on any atom is 0.155 e. The molecule has 0 atom stereocenters. The van der Waals surface area contributed by atoms with Crippen molar-refractivity contribution in [1.29, 1.82) is 0 Å². The highest BCUT2D eigenvalue weighted by molar-refractivity contribution is 5.51. The van der Waals surface area contributed by atoms with Crippen LogP contribution in [0.2, 0.25) is 0 Å². The fourth-order valence-corrected chi connectivity index (χ4v) is 4.21. The summed E-state index contributed by atoms with van der Waals surface area (Å²) in [6, 6.07) is 6.35. The van der Waals surface area contributed by atoms with Gasteiger partial charge < -0.3 is 9.32 Å². The summed E-state index contributed by atoms with van der Waals surface area (Å²) in [6.45, 7) is 5.46. The van der Waals surface area contributed by atoms with E-state index in [2.05, 4.69) is 28.1 Å². The molecule has 0 aromatic carbocycles. The zero-order valence-corrected chi connectivity index (χ0v) is 15.0. The van der Waals surface area contributed by atoms with E-state index in [0.29, 0.717) is 5.92 Å². The molecule has 3 aromatic heterocycles. The number of anilines is 1. The quantitative estimate of drug-likeness (QED) is 0.722. The highest BCUT2D eigenvalue weighted by Gasteiger charge is 2.24. The molecule has 0 aliphatic carbocycles. The molecule has 136 valence electrons. The molecule has 0 unspecified atom stereocenters. The Balaban J connectivity index is 1.27. The van der Waals surface area contributed by atoms with Gasteiger partial charge >= 0.3 is 0 Å². The Morgan fingerprint density at radius 1 is 1.04 bits per heavy atom. The summed E-state index contributed by atoms with van der Waals surface area (Å²) in [7, 11) is 0. The van der Waals surface area contributed by atoms with Gasteiger partial charge in [0.25, 0.3) is 0 Å². The van der Waals surface area contributed by atoms with E-state index in [4.69, 9.17) is 14.5 Å². The molecule has 0 bridgehead atoms. The monoisotopic (exact) mass is 351 g/mol. The van der Waals surface area contributed by atoms with Crippen LogP contribution < -0.4 is 4.90 Å². The first-order valence-corrected chi connectivity index (χ1v) is 9.70. The third-order valence-electron chi connectivity index (χ3n) is 5.74. The van der Waals surface area contributed by atoms with Gasteiger partial charge in [-0.2, -0.15) is 5.10 Å². The number of rotatable bonds is 4. The number of hydrogen-bond donors (Lipinski definition) is 0. The molecule has 6 heteroatoms. The molecule has 0 radical (unpaired) electrons. The van der Waals surface area contributed by atoms with E-state index in [-0.39, 0.29) is 0 Å². The molecule has 5 heterocycles. The van der Waals surface area contributed by atoms with E-state index in [1.165, 1.54) is 24.1 Å². The number of furan rings is 1. The Kier molecular flexibility index (Phi) is 4.13. The highest BCUT2D eigenvalue weighted by atomic mass is 16.3. The van der Waals surface area contributed by atoms with Gasteiger partial charge in [-0.05, 0) is 57.0 Å². The number of fused-ring (bicyclic) bond motifs is 1. The minimum atomic E-state index is 0.464. The molecule has 2 saturated heterocycles. The summed E-state index contributed by atoms with van der Waals surface area (Å²) in [5.74, 6) is 1.47. The van der Waals surface area contributed by atoms with Gasteiger partial charge in [0.15, 0.2) is 11.5 Å². The minimum Gasteiger partial charge on any atom is -0.472 e. The molecule has 0 N–H and O–H groups in total. The average Bonchev–Trinajstić information content (AvgIpc) is 3.43. The number of piperidine rings is 1. The topological polar surface area (TPSA) is 49.8 Å². The summed E-state index contributed by atoms with van der Waals surface area (Å²) in [4.78, 5) is 9.73. The van der Waals surface area contributed by atoms with Crippen molar-refractivity contribution in [1.82, 2.24) is 19.5 Å². The van der Waals surface area contributed by atoms with Crippen LogP contribution in [-0.4, -0.2) is 45.7 Å². The van der Waals surface area contributed by atoms with Crippen LogP contribution in [-0.2, 0) is 6.54 Å². The summed E-state index contributed by atoms with van der Waals surface area (Å²) in [5.41, 5.74) is 3.48. The SMILES string of the molecule is c1cc(CN2CCC(c3nc4ccc(N5CCCC5)cn4n3)CC2)co1. The number of likely N-dealkylation sites (tertiary alicyclic amines) is 1. The second-order valence-electron chi connectivity index (χ2n) is 7.54. The lowest BCUT2D eigenvalue weighted by Crippen LogP contribution is -2.32. The smallest absolute Gasteiger partial charge is 0.155 e. The van der Waals surface area contributed by atoms with Crippen LogP contribution in [0.1, 0.15) is 43.0 Å². The predicted octanol–water partition coefficient (Wildman–Crippen LogP) is 3.30. The third kappa shape index (κ3) is 3.09. The van der Waals surface area contributed by atoms with Crippen molar-refractivity contribution in [3.63, 3.8) is 0 Å².